The molecular formula is C10H18NO2. The van der Waals surface area contributed by atoms with Gasteiger partial charge in [-0.05, 0) is 40.0 Å². The fraction of sp³-hybridized carbons (Fsp3) is 0.800. The van der Waals surface area contributed by atoms with Crippen LogP contribution in [0.4, 0.5) is 4.79 Å². The van der Waals surface area contributed by atoms with Crippen LogP contribution < -0.4 is 0 Å². The van der Waals surface area contributed by atoms with E-state index in [-0.39, 0.29) is 11.7 Å². The molecule has 0 aromatic carbocycles. The third-order valence-electron chi connectivity index (χ3n) is 1.86. The number of rotatable bonds is 0. The highest BCUT2D eigenvalue weighted by Crippen LogP contribution is 2.13. The smallest absolute Gasteiger partial charge is 0.410 e. The fourth-order valence-corrected chi connectivity index (χ4v) is 1.26. The molecule has 0 saturated carbocycles. The third-order valence-corrected chi connectivity index (χ3v) is 1.86. The second-order valence-corrected chi connectivity index (χ2v) is 4.33. The predicted molar refractivity (Wildman–Crippen MR) is 51.3 cm³/mol. The molecule has 1 aliphatic heterocycles. The van der Waals surface area contributed by atoms with Crippen molar-refractivity contribution in [2.75, 3.05) is 13.1 Å². The first kappa shape index (κ1) is 10.4. The summed E-state index contributed by atoms with van der Waals surface area (Å²) in [6.45, 7) is 7.27. The van der Waals surface area contributed by atoms with E-state index >= 15 is 0 Å². The first-order valence-corrected chi connectivity index (χ1v) is 4.78. The minimum absolute atomic E-state index is 0.180. The van der Waals surface area contributed by atoms with Gasteiger partial charge in [0.2, 0.25) is 0 Å². The molecule has 1 aliphatic rings. The van der Waals surface area contributed by atoms with Crippen LogP contribution in [0.15, 0.2) is 0 Å². The van der Waals surface area contributed by atoms with Crippen molar-refractivity contribution in [2.24, 2.45) is 0 Å². The highest BCUT2D eigenvalue weighted by molar-refractivity contribution is 5.68. The Bertz CT molecular complexity index is 178. The Hall–Kier alpha value is -0.730. The fourth-order valence-electron chi connectivity index (χ4n) is 1.26. The van der Waals surface area contributed by atoms with Gasteiger partial charge in [0.25, 0.3) is 0 Å². The van der Waals surface area contributed by atoms with Crippen LogP contribution in [-0.4, -0.2) is 29.7 Å². The largest absolute Gasteiger partial charge is 0.444 e. The average Bonchev–Trinajstić information content (AvgIpc) is 2.03. The van der Waals surface area contributed by atoms with E-state index in [1.54, 1.807) is 4.90 Å². The second kappa shape index (κ2) is 3.99. The van der Waals surface area contributed by atoms with Crippen molar-refractivity contribution < 1.29 is 9.53 Å². The average molecular weight is 184 g/mol. The first-order chi connectivity index (χ1) is 5.99. The number of ether oxygens (including phenoxy) is 1. The lowest BCUT2D eigenvalue weighted by molar-refractivity contribution is 0.0234. The molecule has 0 aromatic heterocycles. The summed E-state index contributed by atoms with van der Waals surface area (Å²) in [6, 6.07) is 0. The Morgan fingerprint density at radius 3 is 2.31 bits per heavy atom. The Labute approximate surface area is 80.1 Å². The summed E-state index contributed by atoms with van der Waals surface area (Å²) < 4.78 is 5.25. The number of amides is 1. The van der Waals surface area contributed by atoms with Gasteiger partial charge in [-0.1, -0.05) is 0 Å². The minimum atomic E-state index is -0.377. The van der Waals surface area contributed by atoms with Crippen molar-refractivity contribution >= 4 is 6.09 Å². The van der Waals surface area contributed by atoms with E-state index in [1.165, 1.54) is 0 Å². The van der Waals surface area contributed by atoms with Crippen molar-refractivity contribution in [1.82, 2.24) is 4.90 Å². The molecule has 1 amide bonds. The Kier molecular flexibility index (Phi) is 3.17. The second-order valence-electron chi connectivity index (χ2n) is 4.33. The highest BCUT2D eigenvalue weighted by atomic mass is 16.6. The zero-order valence-electron chi connectivity index (χ0n) is 8.67. The molecule has 0 unspecified atom stereocenters. The molecule has 0 aliphatic carbocycles. The molecule has 0 N–H and O–H groups in total. The molecule has 1 radical (unpaired) electrons. The molecule has 1 heterocycles. The summed E-state index contributed by atoms with van der Waals surface area (Å²) >= 11 is 0. The van der Waals surface area contributed by atoms with Gasteiger partial charge in [0, 0.05) is 13.1 Å². The zero-order valence-corrected chi connectivity index (χ0v) is 8.67. The minimum Gasteiger partial charge on any atom is -0.444 e. The lowest BCUT2D eigenvalue weighted by Crippen LogP contribution is -2.39. The van der Waals surface area contributed by atoms with Crippen molar-refractivity contribution in [3.05, 3.63) is 6.42 Å². The van der Waals surface area contributed by atoms with Gasteiger partial charge < -0.3 is 9.64 Å². The quantitative estimate of drug-likeness (QED) is 0.577. The number of likely N-dealkylation sites (tertiary alicyclic amines) is 1. The van der Waals surface area contributed by atoms with Crippen molar-refractivity contribution in [1.29, 1.82) is 0 Å². The molecule has 3 nitrogen and oxygen atoms in total. The Morgan fingerprint density at radius 1 is 1.31 bits per heavy atom. The summed E-state index contributed by atoms with van der Waals surface area (Å²) in [6.07, 6.45) is 4.00. The third kappa shape index (κ3) is 3.66. The highest BCUT2D eigenvalue weighted by Gasteiger charge is 2.22. The van der Waals surface area contributed by atoms with Gasteiger partial charge in [0.15, 0.2) is 0 Å². The van der Waals surface area contributed by atoms with Crippen LogP contribution in [-0.2, 0) is 4.74 Å². The molecule has 13 heavy (non-hydrogen) atoms. The number of carbonyl (C=O) groups excluding carboxylic acids is 1. The van der Waals surface area contributed by atoms with Gasteiger partial charge in [-0.15, -0.1) is 0 Å². The monoisotopic (exact) mass is 184 g/mol. The summed E-state index contributed by atoms with van der Waals surface area (Å²) in [5.74, 6) is 0. The van der Waals surface area contributed by atoms with E-state index < -0.39 is 0 Å². The molecule has 0 aromatic rings. The zero-order chi connectivity index (χ0) is 9.90. The van der Waals surface area contributed by atoms with Crippen LogP contribution in [0.1, 0.15) is 33.6 Å². The topological polar surface area (TPSA) is 29.5 Å². The summed E-state index contributed by atoms with van der Waals surface area (Å²) in [5, 5.41) is 0. The SMILES string of the molecule is CC(C)(C)OC(=O)N1CC[CH]CC1. The molecular weight excluding hydrogens is 166 g/mol. The number of hydrogen-bond donors (Lipinski definition) is 0. The lowest BCUT2D eigenvalue weighted by Gasteiger charge is -2.29. The predicted octanol–water partition coefficient (Wildman–Crippen LogP) is 2.22. The van der Waals surface area contributed by atoms with Crippen LogP contribution in [0.25, 0.3) is 0 Å². The normalized spacial score (nSPS) is 18.5. The molecule has 0 atom stereocenters. The number of piperidine rings is 1. The van der Waals surface area contributed by atoms with Crippen LogP contribution in [0.5, 0.6) is 0 Å². The first-order valence-electron chi connectivity index (χ1n) is 4.78. The molecule has 0 spiro atoms. The van der Waals surface area contributed by atoms with E-state index in [0.717, 1.165) is 25.9 Å². The van der Waals surface area contributed by atoms with E-state index in [1.807, 2.05) is 20.8 Å². The molecule has 1 rings (SSSR count). The van der Waals surface area contributed by atoms with Crippen molar-refractivity contribution in [3.63, 3.8) is 0 Å². The van der Waals surface area contributed by atoms with Crippen LogP contribution >= 0.6 is 0 Å². The maximum atomic E-state index is 11.5. The van der Waals surface area contributed by atoms with Gasteiger partial charge in [-0.2, -0.15) is 0 Å². The van der Waals surface area contributed by atoms with Gasteiger partial charge in [-0.25, -0.2) is 4.79 Å². The summed E-state index contributed by atoms with van der Waals surface area (Å²) in [4.78, 5) is 13.3. The number of carbonyl (C=O) groups is 1. The molecule has 1 fully saturated rings. The van der Waals surface area contributed by atoms with Crippen molar-refractivity contribution in [3.8, 4) is 0 Å². The van der Waals surface area contributed by atoms with Crippen LogP contribution in [0.2, 0.25) is 0 Å². The summed E-state index contributed by atoms with van der Waals surface area (Å²) in [5.41, 5.74) is -0.377. The Balaban J connectivity index is 2.38. The summed E-state index contributed by atoms with van der Waals surface area (Å²) in [7, 11) is 0. The molecule has 75 valence electrons. The van der Waals surface area contributed by atoms with E-state index in [4.69, 9.17) is 4.74 Å². The van der Waals surface area contributed by atoms with E-state index in [2.05, 4.69) is 6.42 Å². The molecule has 0 bridgehead atoms. The van der Waals surface area contributed by atoms with E-state index in [0.29, 0.717) is 0 Å². The van der Waals surface area contributed by atoms with E-state index in [9.17, 15) is 4.79 Å². The maximum absolute atomic E-state index is 11.5. The number of nitrogens with zero attached hydrogens (tertiary/aromatic N) is 1. The van der Waals surface area contributed by atoms with Gasteiger partial charge >= 0.3 is 6.09 Å². The Morgan fingerprint density at radius 2 is 1.85 bits per heavy atom. The molecule has 1 saturated heterocycles. The lowest BCUT2D eigenvalue weighted by atomic mass is 10.1. The van der Waals surface area contributed by atoms with Gasteiger partial charge in [0.05, 0.1) is 0 Å². The maximum Gasteiger partial charge on any atom is 0.410 e. The standard InChI is InChI=1S/C10H18NO2/c1-10(2,3)13-9(12)11-7-5-4-6-8-11/h4H,5-8H2,1-3H3. The van der Waals surface area contributed by atoms with Crippen LogP contribution in [0.3, 0.4) is 0 Å². The van der Waals surface area contributed by atoms with Gasteiger partial charge in [0.1, 0.15) is 5.60 Å². The van der Waals surface area contributed by atoms with Gasteiger partial charge in [-0.3, -0.25) is 0 Å². The van der Waals surface area contributed by atoms with Crippen molar-refractivity contribution in [2.45, 2.75) is 39.2 Å². The van der Waals surface area contributed by atoms with Crippen LogP contribution in [0, 0.1) is 6.42 Å². The molecule has 3 heteroatoms. The number of hydrogen-bond acceptors (Lipinski definition) is 2.